The summed E-state index contributed by atoms with van der Waals surface area (Å²) in [4.78, 5) is 18.3. The third-order valence-electron chi connectivity index (χ3n) is 4.14. The first-order valence-electron chi connectivity index (χ1n) is 8.33. The molecule has 130 valence electrons. The Kier molecular flexibility index (Phi) is 4.36. The number of nitrogens with zero attached hydrogens (tertiary/aromatic N) is 3. The van der Waals surface area contributed by atoms with Crippen molar-refractivity contribution in [2.24, 2.45) is 0 Å². The van der Waals surface area contributed by atoms with Crippen molar-refractivity contribution in [1.29, 1.82) is 0 Å². The highest BCUT2D eigenvalue weighted by atomic mass is 35.5. The van der Waals surface area contributed by atoms with Gasteiger partial charge >= 0.3 is 0 Å². The van der Waals surface area contributed by atoms with Gasteiger partial charge in [0.2, 0.25) is 5.28 Å². The second-order valence-electron chi connectivity index (χ2n) is 5.90. The number of hydrogen-bond acceptors (Lipinski definition) is 5. The Labute approximate surface area is 170 Å². The van der Waals surface area contributed by atoms with E-state index in [2.05, 4.69) is 40.3 Å². The van der Waals surface area contributed by atoms with E-state index < -0.39 is 0 Å². The maximum atomic E-state index is 6.24. The Bertz CT molecular complexity index is 1150. The number of fused-ring (bicyclic) bond motifs is 2. The lowest BCUT2D eigenvalue weighted by Crippen LogP contribution is -1.99. The van der Waals surface area contributed by atoms with Gasteiger partial charge in [0.15, 0.2) is 11.6 Å². The van der Waals surface area contributed by atoms with E-state index in [1.54, 1.807) is 23.5 Å². The maximum Gasteiger partial charge on any atom is 0.226 e. The number of hydrogen-bond donors (Lipinski definition) is 0. The quantitative estimate of drug-likeness (QED) is 0.336. The molecule has 5 rings (SSSR count). The van der Waals surface area contributed by atoms with E-state index in [1.807, 2.05) is 42.5 Å². The van der Waals surface area contributed by atoms with Crippen LogP contribution < -0.4 is 0 Å². The fourth-order valence-corrected chi connectivity index (χ4v) is 5.45. The fraction of sp³-hybridized carbons (Fsp3) is 0. The lowest BCUT2D eigenvalue weighted by molar-refractivity contribution is 1.05. The van der Waals surface area contributed by atoms with Gasteiger partial charge in [0.25, 0.3) is 0 Å². The van der Waals surface area contributed by atoms with Crippen LogP contribution in [0.3, 0.4) is 0 Å². The summed E-state index contributed by atoms with van der Waals surface area (Å²) in [6.07, 6.45) is 0. The molecular weight excluding hydrogens is 394 g/mol. The number of rotatable bonds is 2. The first kappa shape index (κ1) is 16.8. The summed E-state index contributed by atoms with van der Waals surface area (Å²) in [7, 11) is 0. The minimum absolute atomic E-state index is 0.199. The van der Waals surface area contributed by atoms with Crippen LogP contribution in [0.4, 0.5) is 0 Å². The smallest absolute Gasteiger partial charge is 0.208 e. The average molecular weight is 406 g/mol. The van der Waals surface area contributed by atoms with Crippen LogP contribution in [-0.4, -0.2) is 15.0 Å². The van der Waals surface area contributed by atoms with E-state index in [0.29, 0.717) is 11.6 Å². The average Bonchev–Trinajstić information content (AvgIpc) is 2.72. The van der Waals surface area contributed by atoms with Crippen molar-refractivity contribution in [2.45, 2.75) is 19.6 Å². The molecule has 0 unspecified atom stereocenters. The molecule has 0 saturated heterocycles. The van der Waals surface area contributed by atoms with Crippen molar-refractivity contribution < 1.29 is 0 Å². The summed E-state index contributed by atoms with van der Waals surface area (Å²) in [5.74, 6) is 1.18. The van der Waals surface area contributed by atoms with Crippen molar-refractivity contribution in [3.8, 4) is 22.8 Å². The Balaban J connectivity index is 1.64. The van der Waals surface area contributed by atoms with Crippen LogP contribution in [-0.2, 0) is 0 Å². The van der Waals surface area contributed by atoms with Gasteiger partial charge in [-0.2, -0.15) is 9.97 Å². The lowest BCUT2D eigenvalue weighted by Gasteiger charge is -2.20. The molecule has 2 heterocycles. The molecular formula is C21H12ClN3S2. The Hall–Kier alpha value is -2.34. The van der Waals surface area contributed by atoms with Gasteiger partial charge in [-0.3, -0.25) is 0 Å². The predicted octanol–water partition coefficient (Wildman–Crippen LogP) is 6.47. The zero-order valence-electron chi connectivity index (χ0n) is 14.0. The highest BCUT2D eigenvalue weighted by Crippen LogP contribution is 2.51. The van der Waals surface area contributed by atoms with E-state index in [9.17, 15) is 0 Å². The molecule has 3 aromatic carbocycles. The van der Waals surface area contributed by atoms with Gasteiger partial charge in [0.1, 0.15) is 0 Å². The molecule has 0 bridgehead atoms. The van der Waals surface area contributed by atoms with E-state index in [0.717, 1.165) is 16.0 Å². The predicted molar refractivity (Wildman–Crippen MR) is 110 cm³/mol. The van der Waals surface area contributed by atoms with Gasteiger partial charge in [-0.15, -0.1) is 0 Å². The zero-order chi connectivity index (χ0) is 18.2. The first-order valence-corrected chi connectivity index (χ1v) is 10.3. The molecule has 0 N–H and O–H groups in total. The van der Waals surface area contributed by atoms with Crippen LogP contribution >= 0.6 is 35.1 Å². The summed E-state index contributed by atoms with van der Waals surface area (Å²) >= 11 is 9.76. The minimum atomic E-state index is 0.199. The van der Waals surface area contributed by atoms with Gasteiger partial charge in [0, 0.05) is 30.7 Å². The normalized spacial score (nSPS) is 12.3. The Morgan fingerprint density at radius 2 is 1.26 bits per heavy atom. The second kappa shape index (κ2) is 7.00. The maximum absolute atomic E-state index is 6.24. The van der Waals surface area contributed by atoms with Crippen LogP contribution in [0.15, 0.2) is 92.4 Å². The van der Waals surface area contributed by atoms with Crippen LogP contribution in [0.5, 0.6) is 0 Å². The van der Waals surface area contributed by atoms with Gasteiger partial charge < -0.3 is 0 Å². The SMILES string of the molecule is Clc1nc(-c2ccccc2)nc(-c2cccc3c2Sc2ccccc2S3)n1. The van der Waals surface area contributed by atoms with Gasteiger partial charge in [-0.1, -0.05) is 72.1 Å². The Morgan fingerprint density at radius 3 is 2.07 bits per heavy atom. The molecule has 0 atom stereocenters. The van der Waals surface area contributed by atoms with Crippen molar-refractivity contribution in [3.63, 3.8) is 0 Å². The minimum Gasteiger partial charge on any atom is -0.208 e. The summed E-state index contributed by atoms with van der Waals surface area (Å²) in [6, 6.07) is 24.5. The molecule has 6 heteroatoms. The van der Waals surface area contributed by atoms with Gasteiger partial charge in [-0.05, 0) is 35.9 Å². The molecule has 0 fully saturated rings. The van der Waals surface area contributed by atoms with E-state index in [4.69, 9.17) is 16.6 Å². The van der Waals surface area contributed by atoms with Crippen molar-refractivity contribution >= 4 is 35.1 Å². The van der Waals surface area contributed by atoms with Crippen LogP contribution in [0.1, 0.15) is 0 Å². The molecule has 0 saturated carbocycles. The molecule has 0 amide bonds. The van der Waals surface area contributed by atoms with Crippen LogP contribution in [0.2, 0.25) is 5.28 Å². The van der Waals surface area contributed by atoms with E-state index >= 15 is 0 Å². The number of halogens is 1. The van der Waals surface area contributed by atoms with Gasteiger partial charge in [-0.25, -0.2) is 4.98 Å². The molecule has 1 aliphatic heterocycles. The molecule has 3 nitrogen and oxygen atoms in total. The zero-order valence-corrected chi connectivity index (χ0v) is 16.4. The highest BCUT2D eigenvalue weighted by molar-refractivity contribution is 8.05. The summed E-state index contributed by atoms with van der Waals surface area (Å²) in [6.45, 7) is 0. The molecule has 0 spiro atoms. The second-order valence-corrected chi connectivity index (χ2v) is 8.38. The number of benzene rings is 3. The lowest BCUT2D eigenvalue weighted by atomic mass is 10.2. The van der Waals surface area contributed by atoms with Crippen molar-refractivity contribution in [2.75, 3.05) is 0 Å². The summed E-state index contributed by atoms with van der Waals surface area (Å²) in [5, 5.41) is 0.199. The topological polar surface area (TPSA) is 38.7 Å². The van der Waals surface area contributed by atoms with E-state index in [-0.39, 0.29) is 5.28 Å². The molecule has 4 aromatic rings. The Morgan fingerprint density at radius 1 is 0.593 bits per heavy atom. The van der Waals surface area contributed by atoms with Crippen molar-refractivity contribution in [3.05, 3.63) is 78.1 Å². The molecule has 1 aliphatic rings. The van der Waals surface area contributed by atoms with Crippen molar-refractivity contribution in [1.82, 2.24) is 15.0 Å². The van der Waals surface area contributed by atoms with Gasteiger partial charge in [0.05, 0.1) is 0 Å². The standard InChI is InChI=1S/C21H12ClN3S2/c22-21-24-19(13-7-2-1-3-8-13)23-20(25-21)14-9-6-12-17-18(14)27-16-11-5-4-10-15(16)26-17/h1-12H. The number of aromatic nitrogens is 3. The summed E-state index contributed by atoms with van der Waals surface area (Å²) in [5.41, 5.74) is 1.89. The van der Waals surface area contributed by atoms with E-state index in [1.165, 1.54) is 14.7 Å². The largest absolute Gasteiger partial charge is 0.226 e. The third-order valence-corrected chi connectivity index (χ3v) is 6.92. The monoisotopic (exact) mass is 405 g/mol. The molecule has 0 aliphatic carbocycles. The molecule has 0 radical (unpaired) electrons. The van der Waals surface area contributed by atoms with Crippen LogP contribution in [0.25, 0.3) is 22.8 Å². The van der Waals surface area contributed by atoms with Crippen LogP contribution in [0, 0.1) is 0 Å². The first-order chi connectivity index (χ1) is 13.3. The molecule has 27 heavy (non-hydrogen) atoms. The summed E-state index contributed by atoms with van der Waals surface area (Å²) < 4.78 is 0. The highest BCUT2D eigenvalue weighted by Gasteiger charge is 2.22. The third kappa shape index (κ3) is 3.23. The molecule has 1 aromatic heterocycles. The fourth-order valence-electron chi connectivity index (χ4n) is 2.91.